The van der Waals surface area contributed by atoms with Crippen LogP contribution in [-0.2, 0) is 17.8 Å². The van der Waals surface area contributed by atoms with Crippen LogP contribution in [0, 0.1) is 6.92 Å². The molecule has 2 aromatic carbocycles. The summed E-state index contributed by atoms with van der Waals surface area (Å²) in [5.74, 6) is 0.298. The molecule has 0 fully saturated rings. The zero-order chi connectivity index (χ0) is 20.9. The van der Waals surface area contributed by atoms with Crippen molar-refractivity contribution in [3.63, 3.8) is 0 Å². The van der Waals surface area contributed by atoms with E-state index in [1.54, 1.807) is 0 Å². The van der Waals surface area contributed by atoms with Crippen LogP contribution in [0.3, 0.4) is 0 Å². The standard InChI is InChI=1S/C21H20N6O2S/c1-14-7-9-15(10-8-14)11-17-19(29)23-20-24-25-21(27(20)26-17)30-13-18(28)22-12-16-5-3-2-4-6-16/h2-10H,11-13H2,1H3,(H,22,28)(H,23,24,29). The molecule has 0 unspecified atom stereocenters. The molecule has 4 aromatic rings. The van der Waals surface area contributed by atoms with Crippen LogP contribution in [0.1, 0.15) is 22.4 Å². The smallest absolute Gasteiger partial charge is 0.274 e. The molecule has 30 heavy (non-hydrogen) atoms. The number of H-pyrrole nitrogens is 1. The number of rotatable bonds is 7. The van der Waals surface area contributed by atoms with Crippen molar-refractivity contribution in [2.75, 3.05) is 5.75 Å². The largest absolute Gasteiger partial charge is 0.351 e. The van der Waals surface area contributed by atoms with E-state index in [1.165, 1.54) is 16.3 Å². The average Bonchev–Trinajstić information content (AvgIpc) is 3.15. The van der Waals surface area contributed by atoms with Crippen molar-refractivity contribution in [3.05, 3.63) is 87.3 Å². The molecule has 8 nitrogen and oxygen atoms in total. The lowest BCUT2D eigenvalue weighted by Gasteiger charge is -2.05. The number of nitrogens with one attached hydrogen (secondary N) is 2. The molecule has 0 aliphatic heterocycles. The molecule has 0 atom stereocenters. The van der Waals surface area contributed by atoms with Gasteiger partial charge in [-0.1, -0.05) is 71.9 Å². The fourth-order valence-electron chi connectivity index (χ4n) is 2.86. The Morgan fingerprint density at radius 2 is 1.83 bits per heavy atom. The Morgan fingerprint density at radius 3 is 2.60 bits per heavy atom. The van der Waals surface area contributed by atoms with Crippen molar-refractivity contribution in [2.24, 2.45) is 0 Å². The highest BCUT2D eigenvalue weighted by molar-refractivity contribution is 7.99. The third kappa shape index (κ3) is 4.74. The van der Waals surface area contributed by atoms with Gasteiger partial charge in [0.05, 0.1) is 5.75 Å². The minimum atomic E-state index is -0.298. The molecule has 2 N–H and O–H groups in total. The summed E-state index contributed by atoms with van der Waals surface area (Å²) in [4.78, 5) is 27.2. The van der Waals surface area contributed by atoms with Gasteiger partial charge in [-0.25, -0.2) is 0 Å². The Bertz CT molecular complexity index is 1220. The maximum absolute atomic E-state index is 12.3. The van der Waals surface area contributed by atoms with E-state index in [-0.39, 0.29) is 23.0 Å². The number of carbonyl (C=O) groups excluding carboxylic acids is 1. The Labute approximate surface area is 176 Å². The SMILES string of the molecule is Cc1ccc(Cc2nn3c(SCC(=O)NCc4ccccc4)nnc3[nH]c2=O)cc1. The molecular formula is C21H20N6O2S. The van der Waals surface area contributed by atoms with Crippen molar-refractivity contribution in [1.82, 2.24) is 30.1 Å². The van der Waals surface area contributed by atoms with Gasteiger partial charge in [-0.05, 0) is 18.1 Å². The number of hydrogen-bond donors (Lipinski definition) is 2. The molecule has 4 rings (SSSR count). The Hall–Kier alpha value is -3.46. The lowest BCUT2D eigenvalue weighted by atomic mass is 10.1. The van der Waals surface area contributed by atoms with E-state index in [2.05, 4.69) is 25.6 Å². The third-order valence-electron chi connectivity index (χ3n) is 4.48. The van der Waals surface area contributed by atoms with Gasteiger partial charge in [0.25, 0.3) is 11.3 Å². The first-order valence-corrected chi connectivity index (χ1v) is 10.4. The number of hydrogen-bond acceptors (Lipinski definition) is 6. The van der Waals surface area contributed by atoms with Crippen molar-refractivity contribution >= 4 is 23.4 Å². The number of aryl methyl sites for hydroxylation is 1. The van der Waals surface area contributed by atoms with E-state index in [0.29, 0.717) is 23.8 Å². The summed E-state index contributed by atoms with van der Waals surface area (Å²) in [5.41, 5.74) is 3.23. The van der Waals surface area contributed by atoms with Gasteiger partial charge in [-0.15, -0.1) is 10.2 Å². The van der Waals surface area contributed by atoms with Gasteiger partial charge in [-0.2, -0.15) is 9.61 Å². The fraction of sp³-hybridized carbons (Fsp3) is 0.190. The Balaban J connectivity index is 1.44. The van der Waals surface area contributed by atoms with Gasteiger partial charge >= 0.3 is 0 Å². The predicted molar refractivity (Wildman–Crippen MR) is 114 cm³/mol. The molecule has 0 bridgehead atoms. The second-order valence-electron chi connectivity index (χ2n) is 6.83. The van der Waals surface area contributed by atoms with Gasteiger partial charge in [0.15, 0.2) is 0 Å². The van der Waals surface area contributed by atoms with E-state index in [9.17, 15) is 9.59 Å². The van der Waals surface area contributed by atoms with Crippen molar-refractivity contribution in [2.45, 2.75) is 25.0 Å². The topological polar surface area (TPSA) is 105 Å². The average molecular weight is 420 g/mol. The molecule has 0 aliphatic rings. The van der Waals surface area contributed by atoms with Crippen LogP contribution in [0.5, 0.6) is 0 Å². The van der Waals surface area contributed by atoms with E-state index in [4.69, 9.17) is 0 Å². The Kier molecular flexibility index (Phi) is 5.89. The zero-order valence-electron chi connectivity index (χ0n) is 16.3. The minimum absolute atomic E-state index is 0.120. The predicted octanol–water partition coefficient (Wildman–Crippen LogP) is 2.12. The molecule has 0 saturated carbocycles. The summed E-state index contributed by atoms with van der Waals surface area (Å²) in [6.45, 7) is 2.48. The van der Waals surface area contributed by atoms with Crippen molar-refractivity contribution < 1.29 is 4.79 Å². The summed E-state index contributed by atoms with van der Waals surface area (Å²) in [6.07, 6.45) is 0.394. The summed E-state index contributed by atoms with van der Waals surface area (Å²) in [7, 11) is 0. The van der Waals surface area contributed by atoms with Crippen LogP contribution >= 0.6 is 11.8 Å². The van der Waals surface area contributed by atoms with E-state index in [0.717, 1.165) is 16.7 Å². The quantitative estimate of drug-likeness (QED) is 0.444. The van der Waals surface area contributed by atoms with Gasteiger partial charge < -0.3 is 5.32 Å². The second kappa shape index (κ2) is 8.91. The highest BCUT2D eigenvalue weighted by atomic mass is 32.2. The molecule has 152 valence electrons. The van der Waals surface area contributed by atoms with E-state index >= 15 is 0 Å². The molecule has 0 aliphatic carbocycles. The minimum Gasteiger partial charge on any atom is -0.351 e. The second-order valence-corrected chi connectivity index (χ2v) is 7.77. The van der Waals surface area contributed by atoms with Crippen LogP contribution in [0.2, 0.25) is 0 Å². The Morgan fingerprint density at radius 1 is 1.07 bits per heavy atom. The van der Waals surface area contributed by atoms with Crippen LogP contribution < -0.4 is 10.9 Å². The van der Waals surface area contributed by atoms with Crippen molar-refractivity contribution in [3.8, 4) is 0 Å². The normalized spacial score (nSPS) is 11.0. The maximum Gasteiger partial charge on any atom is 0.274 e. The molecule has 2 aromatic heterocycles. The summed E-state index contributed by atoms with van der Waals surface area (Å²) < 4.78 is 1.47. The first-order chi connectivity index (χ1) is 14.6. The summed E-state index contributed by atoms with van der Waals surface area (Å²) in [6, 6.07) is 17.6. The van der Waals surface area contributed by atoms with Crippen LogP contribution in [0.4, 0.5) is 0 Å². The molecular weight excluding hydrogens is 400 g/mol. The van der Waals surface area contributed by atoms with Crippen molar-refractivity contribution in [1.29, 1.82) is 0 Å². The van der Waals surface area contributed by atoms with E-state index < -0.39 is 0 Å². The highest BCUT2D eigenvalue weighted by Gasteiger charge is 2.14. The first kappa shape index (κ1) is 19.8. The van der Waals surface area contributed by atoms with E-state index in [1.807, 2.05) is 61.5 Å². The molecule has 0 saturated heterocycles. The molecule has 2 heterocycles. The highest BCUT2D eigenvalue weighted by Crippen LogP contribution is 2.15. The number of amides is 1. The molecule has 9 heteroatoms. The van der Waals surface area contributed by atoms with Gasteiger partial charge in [0, 0.05) is 13.0 Å². The lowest BCUT2D eigenvalue weighted by Crippen LogP contribution is -2.24. The van der Waals surface area contributed by atoms with Gasteiger partial charge in [0.1, 0.15) is 5.69 Å². The number of benzene rings is 2. The molecule has 0 spiro atoms. The number of carbonyl (C=O) groups is 1. The number of nitrogens with zero attached hydrogens (tertiary/aromatic N) is 4. The van der Waals surface area contributed by atoms with Gasteiger partial charge in [-0.3, -0.25) is 14.6 Å². The zero-order valence-corrected chi connectivity index (χ0v) is 17.1. The van der Waals surface area contributed by atoms with Crippen LogP contribution in [0.25, 0.3) is 5.78 Å². The fourth-order valence-corrected chi connectivity index (χ4v) is 3.57. The first-order valence-electron chi connectivity index (χ1n) is 9.42. The number of aromatic amines is 1. The van der Waals surface area contributed by atoms with Crippen LogP contribution in [-0.4, -0.2) is 36.5 Å². The number of fused-ring (bicyclic) bond motifs is 1. The molecule has 1 amide bonds. The number of thioether (sulfide) groups is 1. The summed E-state index contributed by atoms with van der Waals surface area (Å²) in [5, 5.41) is 15.7. The number of aromatic nitrogens is 5. The third-order valence-corrected chi connectivity index (χ3v) is 5.40. The lowest BCUT2D eigenvalue weighted by molar-refractivity contribution is -0.118. The molecule has 0 radical (unpaired) electrons. The monoisotopic (exact) mass is 420 g/mol. The van der Waals surface area contributed by atoms with Crippen LogP contribution in [0.15, 0.2) is 64.5 Å². The maximum atomic E-state index is 12.3. The summed E-state index contributed by atoms with van der Waals surface area (Å²) >= 11 is 1.22. The van der Waals surface area contributed by atoms with Gasteiger partial charge in [0.2, 0.25) is 11.1 Å².